The first kappa shape index (κ1) is 13.8. The Kier molecular flexibility index (Phi) is 5.63. The topological polar surface area (TPSA) is 18.5 Å². The van der Waals surface area contributed by atoms with Crippen LogP contribution in [0.1, 0.15) is 18.9 Å². The highest BCUT2D eigenvalue weighted by Gasteiger charge is 2.24. The molecule has 0 bridgehead atoms. The second-order valence-electron chi connectivity index (χ2n) is 3.53. The number of rotatable bonds is 5. The van der Waals surface area contributed by atoms with Crippen molar-refractivity contribution in [1.29, 1.82) is 0 Å². The van der Waals surface area contributed by atoms with Crippen molar-refractivity contribution < 1.29 is 9.31 Å². The lowest BCUT2D eigenvalue weighted by Gasteiger charge is -2.13. The maximum Gasteiger partial charge on any atom is 0.496 e. The number of aryl methyl sites for hydroxylation is 1. The van der Waals surface area contributed by atoms with E-state index < -0.39 is 7.12 Å². The Balaban J connectivity index is 3.11. The smallest absolute Gasteiger partial charge is 0.410 e. The molecule has 0 saturated carbocycles. The molecule has 16 heavy (non-hydrogen) atoms. The average Bonchev–Trinajstić information content (AvgIpc) is 2.23. The van der Waals surface area contributed by atoms with Gasteiger partial charge in [0, 0.05) is 29.7 Å². The molecule has 5 heteroatoms. The van der Waals surface area contributed by atoms with Gasteiger partial charge in [-0.15, -0.1) is 0 Å². The zero-order chi connectivity index (χ0) is 12.1. The monoisotopic (exact) mass is 260 g/mol. The van der Waals surface area contributed by atoms with Gasteiger partial charge in [0.05, 0.1) is 0 Å². The minimum Gasteiger partial charge on any atom is -0.410 e. The molecular weight excluding hydrogens is 246 g/mol. The molecule has 1 aromatic rings. The van der Waals surface area contributed by atoms with E-state index in [4.69, 9.17) is 32.5 Å². The molecule has 0 aliphatic heterocycles. The molecule has 0 heterocycles. The van der Waals surface area contributed by atoms with Gasteiger partial charge in [-0.1, -0.05) is 36.5 Å². The van der Waals surface area contributed by atoms with Crippen LogP contribution in [0.4, 0.5) is 0 Å². The fraction of sp³-hybridized carbons (Fsp3) is 0.455. The molecule has 1 aromatic carbocycles. The molecule has 0 aromatic heterocycles. The number of halogens is 2. The number of hydrogen-bond donors (Lipinski definition) is 0. The van der Waals surface area contributed by atoms with Gasteiger partial charge < -0.3 is 9.31 Å². The second kappa shape index (κ2) is 6.50. The average molecular weight is 261 g/mol. The number of hydrogen-bond acceptors (Lipinski definition) is 2. The molecule has 0 saturated heterocycles. The Hall–Kier alpha value is -0.215. The highest BCUT2D eigenvalue weighted by Crippen LogP contribution is 2.19. The van der Waals surface area contributed by atoms with Gasteiger partial charge in [-0.2, -0.15) is 0 Å². The lowest BCUT2D eigenvalue weighted by molar-refractivity contribution is 0.292. The maximum atomic E-state index is 6.18. The SMILES string of the molecule is CCCc1cc(Cl)c(B(OC)OC)c(Cl)c1. The Labute approximate surface area is 107 Å². The van der Waals surface area contributed by atoms with Crippen LogP contribution in [0.25, 0.3) is 0 Å². The molecule has 88 valence electrons. The summed E-state index contributed by atoms with van der Waals surface area (Å²) in [5.74, 6) is 0. The van der Waals surface area contributed by atoms with E-state index in [-0.39, 0.29) is 0 Å². The third-order valence-electron chi connectivity index (χ3n) is 2.34. The van der Waals surface area contributed by atoms with Crippen molar-refractivity contribution in [3.8, 4) is 0 Å². The van der Waals surface area contributed by atoms with Crippen LogP contribution in [0.15, 0.2) is 12.1 Å². The van der Waals surface area contributed by atoms with Crippen LogP contribution < -0.4 is 5.46 Å². The molecule has 0 radical (unpaired) electrons. The van der Waals surface area contributed by atoms with Gasteiger partial charge in [0.25, 0.3) is 0 Å². The van der Waals surface area contributed by atoms with Crippen LogP contribution in [0.5, 0.6) is 0 Å². The van der Waals surface area contributed by atoms with Crippen molar-refractivity contribution in [3.05, 3.63) is 27.7 Å². The molecule has 0 N–H and O–H groups in total. The molecule has 0 unspecified atom stereocenters. The fourth-order valence-electron chi connectivity index (χ4n) is 1.63. The molecular formula is C11H15BCl2O2. The summed E-state index contributed by atoms with van der Waals surface area (Å²) < 4.78 is 10.3. The van der Waals surface area contributed by atoms with E-state index in [9.17, 15) is 0 Å². The molecule has 0 fully saturated rings. The van der Waals surface area contributed by atoms with E-state index in [0.717, 1.165) is 18.4 Å². The lowest BCUT2D eigenvalue weighted by Crippen LogP contribution is -2.36. The third kappa shape index (κ3) is 3.14. The van der Waals surface area contributed by atoms with Crippen molar-refractivity contribution in [3.63, 3.8) is 0 Å². The summed E-state index contributed by atoms with van der Waals surface area (Å²) in [5, 5.41) is 1.18. The predicted molar refractivity (Wildman–Crippen MR) is 69.9 cm³/mol. The van der Waals surface area contributed by atoms with Gasteiger partial charge in [-0.25, -0.2) is 0 Å². The molecule has 0 atom stereocenters. The Morgan fingerprint density at radius 3 is 2.00 bits per heavy atom. The molecule has 2 nitrogen and oxygen atoms in total. The standard InChI is InChI=1S/C11H15BCl2O2/c1-4-5-8-6-9(13)11(10(14)7-8)12(15-2)16-3/h6-7H,4-5H2,1-3H3. The van der Waals surface area contributed by atoms with E-state index in [1.54, 1.807) is 14.2 Å². The minimum atomic E-state index is -0.518. The van der Waals surface area contributed by atoms with Crippen LogP contribution in [0.2, 0.25) is 10.0 Å². The zero-order valence-electron chi connectivity index (χ0n) is 9.72. The lowest BCUT2D eigenvalue weighted by atomic mass is 9.78. The third-order valence-corrected chi connectivity index (χ3v) is 2.97. The molecule has 1 rings (SSSR count). The highest BCUT2D eigenvalue weighted by atomic mass is 35.5. The van der Waals surface area contributed by atoms with Gasteiger partial charge in [0.15, 0.2) is 0 Å². The van der Waals surface area contributed by atoms with E-state index >= 15 is 0 Å². The van der Waals surface area contributed by atoms with Crippen molar-refractivity contribution in [1.82, 2.24) is 0 Å². The number of benzene rings is 1. The first-order valence-electron chi connectivity index (χ1n) is 5.17. The largest absolute Gasteiger partial charge is 0.496 e. The zero-order valence-corrected chi connectivity index (χ0v) is 11.2. The maximum absolute atomic E-state index is 6.18. The van der Waals surface area contributed by atoms with E-state index in [1.807, 2.05) is 12.1 Å². The summed E-state index contributed by atoms with van der Waals surface area (Å²) in [4.78, 5) is 0. The Bertz CT molecular complexity index is 331. The second-order valence-corrected chi connectivity index (χ2v) is 4.34. The van der Waals surface area contributed by atoms with Gasteiger partial charge >= 0.3 is 7.12 Å². The predicted octanol–water partition coefficient (Wildman–Crippen LogP) is 2.93. The van der Waals surface area contributed by atoms with Gasteiger partial charge in [-0.05, 0) is 24.1 Å². The summed E-state index contributed by atoms with van der Waals surface area (Å²) in [6.45, 7) is 2.11. The Morgan fingerprint density at radius 2 is 1.62 bits per heavy atom. The molecule has 0 aliphatic rings. The molecule has 0 amide bonds. The highest BCUT2D eigenvalue weighted by molar-refractivity contribution is 6.68. The fourth-order valence-corrected chi connectivity index (χ4v) is 2.34. The first-order valence-corrected chi connectivity index (χ1v) is 5.93. The van der Waals surface area contributed by atoms with Crippen molar-refractivity contribution >= 4 is 35.8 Å². The summed E-state index contributed by atoms with van der Waals surface area (Å²) in [6.07, 6.45) is 2.02. The van der Waals surface area contributed by atoms with E-state index in [1.165, 1.54) is 0 Å². The van der Waals surface area contributed by atoms with E-state index in [2.05, 4.69) is 6.92 Å². The van der Waals surface area contributed by atoms with Crippen molar-refractivity contribution in [2.45, 2.75) is 19.8 Å². The van der Waals surface area contributed by atoms with Crippen LogP contribution in [0.3, 0.4) is 0 Å². The van der Waals surface area contributed by atoms with Crippen LogP contribution in [-0.4, -0.2) is 21.3 Å². The normalized spacial score (nSPS) is 10.6. The summed E-state index contributed by atoms with van der Waals surface area (Å²) in [5.41, 5.74) is 1.82. The summed E-state index contributed by atoms with van der Waals surface area (Å²) >= 11 is 12.4. The summed E-state index contributed by atoms with van der Waals surface area (Å²) in [6, 6.07) is 3.83. The van der Waals surface area contributed by atoms with E-state index in [0.29, 0.717) is 15.5 Å². The van der Waals surface area contributed by atoms with Gasteiger partial charge in [0.1, 0.15) is 0 Å². The van der Waals surface area contributed by atoms with Crippen molar-refractivity contribution in [2.24, 2.45) is 0 Å². The van der Waals surface area contributed by atoms with Crippen LogP contribution >= 0.6 is 23.2 Å². The quantitative estimate of drug-likeness (QED) is 0.758. The minimum absolute atomic E-state index is 0.518. The van der Waals surface area contributed by atoms with Crippen molar-refractivity contribution in [2.75, 3.05) is 14.2 Å². The van der Waals surface area contributed by atoms with Gasteiger partial charge in [0.2, 0.25) is 0 Å². The molecule has 0 aliphatic carbocycles. The molecule has 0 spiro atoms. The van der Waals surface area contributed by atoms with Crippen LogP contribution in [-0.2, 0) is 15.7 Å². The first-order chi connectivity index (χ1) is 7.63. The van der Waals surface area contributed by atoms with Crippen LogP contribution in [0, 0.1) is 0 Å². The Morgan fingerprint density at radius 1 is 1.12 bits per heavy atom. The van der Waals surface area contributed by atoms with Gasteiger partial charge in [-0.3, -0.25) is 0 Å². The summed E-state index contributed by atoms with van der Waals surface area (Å²) in [7, 11) is 2.59.